The molecule has 1 amide bonds. The lowest BCUT2D eigenvalue weighted by atomic mass is 10.1. The van der Waals surface area contributed by atoms with E-state index in [4.69, 9.17) is 10.9 Å². The number of carbonyl (C=O) groups excluding carboxylic acids is 1. The Bertz CT molecular complexity index is 620. The van der Waals surface area contributed by atoms with Gasteiger partial charge in [-0.15, -0.1) is 0 Å². The molecule has 2 rings (SSSR count). The van der Waals surface area contributed by atoms with E-state index in [-0.39, 0.29) is 28.7 Å². The highest BCUT2D eigenvalue weighted by atomic mass is 32.2. The first-order valence-corrected chi connectivity index (χ1v) is 7.27. The molecule has 104 valence electrons. The van der Waals surface area contributed by atoms with Gasteiger partial charge in [-0.2, -0.15) is 5.10 Å². The number of rotatable bonds is 3. The summed E-state index contributed by atoms with van der Waals surface area (Å²) in [5.74, 6) is -1.20. The average molecular weight is 287 g/mol. The molecule has 1 unspecified atom stereocenters. The minimum absolute atomic E-state index is 0.0150. The van der Waals surface area contributed by atoms with E-state index < -0.39 is 21.7 Å². The third-order valence-corrected chi connectivity index (χ3v) is 4.64. The molecule has 1 aliphatic heterocycles. The molecule has 9 nitrogen and oxygen atoms in total. The van der Waals surface area contributed by atoms with Crippen molar-refractivity contribution in [1.82, 2.24) is 10.2 Å². The number of H-pyrrole nitrogens is 1. The third kappa shape index (κ3) is 2.84. The molecule has 0 aromatic carbocycles. The first-order valence-electron chi connectivity index (χ1n) is 5.45. The zero-order valence-electron chi connectivity index (χ0n) is 9.83. The van der Waals surface area contributed by atoms with Crippen LogP contribution in [-0.2, 0) is 14.6 Å². The number of aromatic nitrogens is 2. The zero-order valence-corrected chi connectivity index (χ0v) is 10.6. The Morgan fingerprint density at radius 2 is 2.37 bits per heavy atom. The molecule has 0 aliphatic carbocycles. The van der Waals surface area contributed by atoms with Crippen LogP contribution in [0.3, 0.4) is 0 Å². The smallest absolute Gasteiger partial charge is 0.229 e. The maximum Gasteiger partial charge on any atom is 0.229 e. The summed E-state index contributed by atoms with van der Waals surface area (Å²) in [7, 11) is -3.13. The average Bonchev–Trinajstić information content (AvgIpc) is 2.94. The molecule has 1 aliphatic rings. The number of nitrogens with one attached hydrogen (secondary N) is 2. The fraction of sp³-hybridized carbons (Fsp3) is 0.444. The van der Waals surface area contributed by atoms with Crippen molar-refractivity contribution in [2.75, 3.05) is 16.8 Å². The number of nitrogens with zero attached hydrogens (tertiary/aromatic N) is 2. The molecule has 10 heteroatoms. The molecule has 2 heterocycles. The van der Waals surface area contributed by atoms with E-state index in [0.717, 1.165) is 0 Å². The zero-order chi connectivity index (χ0) is 14.0. The van der Waals surface area contributed by atoms with Crippen LogP contribution in [0.5, 0.6) is 0 Å². The molecule has 1 atom stereocenters. The number of amides is 1. The molecular weight excluding hydrogens is 274 g/mol. The van der Waals surface area contributed by atoms with Crippen molar-refractivity contribution in [1.29, 1.82) is 0 Å². The molecule has 5 N–H and O–H groups in total. The summed E-state index contributed by atoms with van der Waals surface area (Å²) < 4.78 is 22.6. The van der Waals surface area contributed by atoms with E-state index in [0.29, 0.717) is 6.42 Å². The molecule has 0 spiro atoms. The van der Waals surface area contributed by atoms with Gasteiger partial charge in [0, 0.05) is 0 Å². The number of aromatic amines is 1. The van der Waals surface area contributed by atoms with Crippen LogP contribution in [0.25, 0.3) is 0 Å². The van der Waals surface area contributed by atoms with Crippen LogP contribution in [-0.4, -0.2) is 47.1 Å². The maximum atomic E-state index is 11.9. The van der Waals surface area contributed by atoms with Crippen LogP contribution in [0.4, 0.5) is 5.82 Å². The Morgan fingerprint density at radius 1 is 1.63 bits per heavy atom. The van der Waals surface area contributed by atoms with E-state index in [1.54, 1.807) is 0 Å². The Morgan fingerprint density at radius 3 is 2.95 bits per heavy atom. The Labute approximate surface area is 108 Å². The molecule has 1 fully saturated rings. The second-order valence-corrected chi connectivity index (χ2v) is 6.46. The number of hydrogen-bond donors (Lipinski definition) is 4. The number of carbonyl (C=O) groups is 1. The van der Waals surface area contributed by atoms with Crippen molar-refractivity contribution >= 4 is 27.4 Å². The molecular formula is C9H13N5O4S. The van der Waals surface area contributed by atoms with E-state index in [1.165, 1.54) is 6.20 Å². The number of nitrogens with two attached hydrogens (primary N) is 1. The van der Waals surface area contributed by atoms with Crippen LogP contribution in [0.1, 0.15) is 12.0 Å². The summed E-state index contributed by atoms with van der Waals surface area (Å²) >= 11 is 0. The lowest BCUT2D eigenvalue weighted by molar-refractivity contribution is -0.119. The molecule has 0 bridgehead atoms. The Balaban J connectivity index is 2.10. The number of amidine groups is 1. The third-order valence-electron chi connectivity index (χ3n) is 2.87. The first kappa shape index (κ1) is 13.3. The quantitative estimate of drug-likeness (QED) is 0.239. The normalized spacial score (nSPS) is 22.3. The molecule has 19 heavy (non-hydrogen) atoms. The van der Waals surface area contributed by atoms with Crippen LogP contribution in [0.15, 0.2) is 11.4 Å². The molecule has 1 saturated heterocycles. The summed E-state index contributed by atoms with van der Waals surface area (Å²) in [5.41, 5.74) is 5.64. The highest BCUT2D eigenvalue weighted by molar-refractivity contribution is 7.91. The van der Waals surface area contributed by atoms with Gasteiger partial charge in [0.05, 0.1) is 29.2 Å². The highest BCUT2D eigenvalue weighted by Crippen LogP contribution is 2.20. The summed E-state index contributed by atoms with van der Waals surface area (Å²) in [6, 6.07) is 0. The number of hydrogen-bond acceptors (Lipinski definition) is 6. The van der Waals surface area contributed by atoms with Crippen molar-refractivity contribution < 1.29 is 18.4 Å². The van der Waals surface area contributed by atoms with Crippen molar-refractivity contribution in [2.45, 2.75) is 6.42 Å². The van der Waals surface area contributed by atoms with Gasteiger partial charge >= 0.3 is 0 Å². The lowest BCUT2D eigenvalue weighted by Gasteiger charge is -2.08. The SMILES string of the molecule is NC(=NO)c1cn[nH]c1NC(=O)C1CCS(=O)(=O)C1. The minimum Gasteiger partial charge on any atom is -0.409 e. The van der Waals surface area contributed by atoms with Crippen LogP contribution < -0.4 is 11.1 Å². The van der Waals surface area contributed by atoms with Gasteiger partial charge < -0.3 is 16.3 Å². The number of sulfone groups is 1. The summed E-state index contributed by atoms with van der Waals surface area (Å²) in [6.07, 6.45) is 1.58. The van der Waals surface area contributed by atoms with E-state index >= 15 is 0 Å². The standard InChI is InChI=1S/C9H13N5O4S/c10-7(14-16)6-3-11-13-8(6)12-9(15)5-1-2-19(17,18)4-5/h3,5,16H,1-2,4H2,(H2,10,14)(H2,11,12,13,15). The number of oxime groups is 1. The van der Waals surface area contributed by atoms with E-state index in [9.17, 15) is 13.2 Å². The molecule has 1 aromatic rings. The van der Waals surface area contributed by atoms with Gasteiger partial charge in [-0.1, -0.05) is 5.16 Å². The largest absolute Gasteiger partial charge is 0.409 e. The van der Waals surface area contributed by atoms with Gasteiger partial charge in [-0.25, -0.2) is 8.42 Å². The van der Waals surface area contributed by atoms with Gasteiger partial charge in [0.25, 0.3) is 0 Å². The summed E-state index contributed by atoms with van der Waals surface area (Å²) in [6.45, 7) is 0. The Kier molecular flexibility index (Phi) is 3.42. The monoisotopic (exact) mass is 287 g/mol. The second-order valence-electron chi connectivity index (χ2n) is 4.23. The second kappa shape index (κ2) is 4.88. The minimum atomic E-state index is -3.13. The topological polar surface area (TPSA) is 151 Å². The van der Waals surface area contributed by atoms with E-state index in [2.05, 4.69) is 20.7 Å². The van der Waals surface area contributed by atoms with Gasteiger partial charge in [-0.3, -0.25) is 9.89 Å². The van der Waals surface area contributed by atoms with Gasteiger partial charge in [0.15, 0.2) is 15.7 Å². The lowest BCUT2D eigenvalue weighted by Crippen LogP contribution is -2.25. The maximum absolute atomic E-state index is 11.9. The van der Waals surface area contributed by atoms with Crippen LogP contribution >= 0.6 is 0 Å². The predicted octanol–water partition coefficient (Wildman–Crippen LogP) is -1.12. The fourth-order valence-electron chi connectivity index (χ4n) is 1.86. The first-order chi connectivity index (χ1) is 8.93. The van der Waals surface area contributed by atoms with Gasteiger partial charge in [0.1, 0.15) is 5.82 Å². The Hall–Kier alpha value is -2.10. The molecule has 1 aromatic heterocycles. The van der Waals surface area contributed by atoms with Crippen molar-refractivity contribution in [3.63, 3.8) is 0 Å². The van der Waals surface area contributed by atoms with Gasteiger partial charge in [-0.05, 0) is 6.42 Å². The van der Waals surface area contributed by atoms with Crippen molar-refractivity contribution in [3.05, 3.63) is 11.8 Å². The van der Waals surface area contributed by atoms with E-state index in [1.807, 2.05) is 0 Å². The fourth-order valence-corrected chi connectivity index (χ4v) is 3.60. The number of anilines is 1. The summed E-state index contributed by atoms with van der Waals surface area (Å²) in [4.78, 5) is 11.9. The van der Waals surface area contributed by atoms with Gasteiger partial charge in [0.2, 0.25) is 5.91 Å². The molecule has 0 saturated carbocycles. The molecule has 0 radical (unpaired) electrons. The summed E-state index contributed by atoms with van der Waals surface area (Å²) in [5, 5.41) is 20.0. The van der Waals surface area contributed by atoms with Crippen molar-refractivity contribution in [3.8, 4) is 0 Å². The van der Waals surface area contributed by atoms with Crippen molar-refractivity contribution in [2.24, 2.45) is 16.8 Å². The van der Waals surface area contributed by atoms with Crippen LogP contribution in [0.2, 0.25) is 0 Å². The highest BCUT2D eigenvalue weighted by Gasteiger charge is 2.33. The van der Waals surface area contributed by atoms with Crippen LogP contribution in [0, 0.1) is 5.92 Å². The predicted molar refractivity (Wildman–Crippen MR) is 66.5 cm³/mol.